The molecule has 4 N–H and O–H groups in total. The summed E-state index contributed by atoms with van der Waals surface area (Å²) in [4.78, 5) is 41.2. The van der Waals surface area contributed by atoms with E-state index in [1.54, 1.807) is 4.68 Å². The maximum atomic E-state index is 13.9. The molecule has 1 saturated carbocycles. The van der Waals surface area contributed by atoms with Crippen molar-refractivity contribution in [3.8, 4) is 11.1 Å². The summed E-state index contributed by atoms with van der Waals surface area (Å²) in [5.41, 5.74) is 9.51. The molecule has 3 amide bonds. The number of benzene rings is 2. The first-order valence-corrected chi connectivity index (χ1v) is 14.4. The smallest absolute Gasteiger partial charge is 0.248 e. The lowest BCUT2D eigenvalue weighted by Gasteiger charge is -2.31. The minimum absolute atomic E-state index is 0.0240. The highest BCUT2D eigenvalue weighted by Crippen LogP contribution is 2.39. The SMILES string of the molecule is CC[C@H](C)[C@@H](C(=O)N1C[C@H](O)C[C@H]1C(=O)N[C@H](Cc1ccc(-c2ccccc2)cc1)C(N)=O)n1cc(C2CC2)nn1. The largest absolute Gasteiger partial charge is 0.391 e. The number of aliphatic hydroxyl groups is 1. The first-order chi connectivity index (χ1) is 19.7. The van der Waals surface area contributed by atoms with E-state index in [-0.39, 0.29) is 31.2 Å². The van der Waals surface area contributed by atoms with Crippen molar-refractivity contribution in [2.45, 2.75) is 76.1 Å². The average molecular weight is 559 g/mol. The van der Waals surface area contributed by atoms with Gasteiger partial charge in [-0.05, 0) is 35.4 Å². The van der Waals surface area contributed by atoms with E-state index in [0.717, 1.165) is 41.6 Å². The summed E-state index contributed by atoms with van der Waals surface area (Å²) < 4.78 is 1.61. The second kappa shape index (κ2) is 12.2. The first-order valence-electron chi connectivity index (χ1n) is 14.4. The molecule has 0 spiro atoms. The Bertz CT molecular complexity index is 1370. The van der Waals surface area contributed by atoms with Crippen LogP contribution in [-0.2, 0) is 20.8 Å². The van der Waals surface area contributed by atoms with E-state index in [4.69, 9.17) is 5.73 Å². The van der Waals surface area contributed by atoms with Crippen LogP contribution in [-0.4, -0.2) is 67.5 Å². The molecule has 1 aliphatic heterocycles. The van der Waals surface area contributed by atoms with Gasteiger partial charge < -0.3 is 21.1 Å². The minimum atomic E-state index is -0.971. The number of hydrogen-bond donors (Lipinski definition) is 3. The van der Waals surface area contributed by atoms with Crippen LogP contribution in [0.25, 0.3) is 11.1 Å². The van der Waals surface area contributed by atoms with Gasteiger partial charge in [0.05, 0.1) is 11.8 Å². The van der Waals surface area contributed by atoms with Crippen LogP contribution >= 0.6 is 0 Å². The Balaban J connectivity index is 1.30. The van der Waals surface area contributed by atoms with Crippen LogP contribution in [0.3, 0.4) is 0 Å². The van der Waals surface area contributed by atoms with Crippen LogP contribution in [0.5, 0.6) is 0 Å². The second-order valence-corrected chi connectivity index (χ2v) is 11.4. The lowest BCUT2D eigenvalue weighted by Crippen LogP contribution is -2.54. The molecule has 41 heavy (non-hydrogen) atoms. The number of amides is 3. The Morgan fingerprint density at radius 1 is 1.07 bits per heavy atom. The molecule has 1 aromatic heterocycles. The van der Waals surface area contributed by atoms with E-state index in [0.29, 0.717) is 5.92 Å². The Morgan fingerprint density at radius 3 is 2.39 bits per heavy atom. The summed E-state index contributed by atoms with van der Waals surface area (Å²) in [6, 6.07) is 15.1. The van der Waals surface area contributed by atoms with Gasteiger partial charge in [-0.25, -0.2) is 4.68 Å². The van der Waals surface area contributed by atoms with Gasteiger partial charge in [0.15, 0.2) is 0 Å². The van der Waals surface area contributed by atoms with Crippen LogP contribution in [0.1, 0.15) is 62.7 Å². The molecule has 5 atom stereocenters. The van der Waals surface area contributed by atoms with Crippen LogP contribution in [0.2, 0.25) is 0 Å². The molecule has 1 saturated heterocycles. The highest BCUT2D eigenvalue weighted by molar-refractivity contribution is 5.93. The third-order valence-corrected chi connectivity index (χ3v) is 8.27. The minimum Gasteiger partial charge on any atom is -0.391 e. The summed E-state index contributed by atoms with van der Waals surface area (Å²) in [5.74, 6) is -1.16. The number of nitrogens with zero attached hydrogens (tertiary/aromatic N) is 4. The zero-order chi connectivity index (χ0) is 29.1. The van der Waals surface area contributed by atoms with Gasteiger partial charge in [0.2, 0.25) is 17.7 Å². The third kappa shape index (κ3) is 6.48. The normalized spacial score (nSPS) is 20.8. The number of primary amides is 1. The van der Waals surface area contributed by atoms with Gasteiger partial charge in [-0.2, -0.15) is 0 Å². The number of aromatic nitrogens is 3. The van der Waals surface area contributed by atoms with Crippen molar-refractivity contribution in [3.63, 3.8) is 0 Å². The zero-order valence-corrected chi connectivity index (χ0v) is 23.5. The number of β-amino-alcohol motifs (C(OH)–C–C–N with tert-alkyl or cyclic N) is 1. The van der Waals surface area contributed by atoms with E-state index in [9.17, 15) is 19.5 Å². The molecular formula is C31H38N6O4. The lowest BCUT2D eigenvalue weighted by atomic mass is 9.97. The number of aliphatic hydroxyl groups excluding tert-OH is 1. The topological polar surface area (TPSA) is 143 Å². The van der Waals surface area contributed by atoms with Crippen molar-refractivity contribution >= 4 is 17.7 Å². The summed E-state index contributed by atoms with van der Waals surface area (Å²) >= 11 is 0. The molecule has 0 bridgehead atoms. The van der Waals surface area contributed by atoms with Gasteiger partial charge in [-0.15, -0.1) is 5.10 Å². The number of nitrogens with one attached hydrogen (secondary N) is 1. The van der Waals surface area contributed by atoms with Gasteiger partial charge in [0.1, 0.15) is 18.1 Å². The van der Waals surface area contributed by atoms with Gasteiger partial charge in [0.25, 0.3) is 0 Å². The van der Waals surface area contributed by atoms with Crippen LogP contribution in [0.15, 0.2) is 60.8 Å². The fourth-order valence-corrected chi connectivity index (χ4v) is 5.50. The summed E-state index contributed by atoms with van der Waals surface area (Å²) in [5, 5.41) is 21.8. The number of hydrogen-bond acceptors (Lipinski definition) is 6. The van der Waals surface area contributed by atoms with E-state index >= 15 is 0 Å². The predicted octanol–water partition coefficient (Wildman–Crippen LogP) is 2.58. The Labute approximate surface area is 239 Å². The van der Waals surface area contributed by atoms with Crippen molar-refractivity contribution in [2.75, 3.05) is 6.54 Å². The van der Waals surface area contributed by atoms with Crippen molar-refractivity contribution in [1.82, 2.24) is 25.2 Å². The molecule has 216 valence electrons. The average Bonchev–Trinajstić information content (AvgIpc) is 3.58. The van der Waals surface area contributed by atoms with Crippen molar-refractivity contribution in [1.29, 1.82) is 0 Å². The number of carbonyl (C=O) groups is 3. The standard InChI is InChI=1S/C31H38N6O4/c1-3-19(2)28(37-18-26(34-35-37)23-13-14-23)31(41)36-17-24(38)16-27(36)30(40)33-25(29(32)39)15-20-9-11-22(12-10-20)21-7-5-4-6-8-21/h4-12,18-19,23-25,27-28,38H,3,13-17H2,1-2H3,(H2,32,39)(H,33,40)/t19-,24+,25+,27-,28-/m0/s1. The molecule has 0 unspecified atom stereocenters. The Kier molecular flexibility index (Phi) is 8.49. The van der Waals surface area contributed by atoms with E-state index < -0.39 is 36.0 Å². The molecule has 10 heteroatoms. The highest BCUT2D eigenvalue weighted by Gasteiger charge is 2.44. The fourth-order valence-electron chi connectivity index (χ4n) is 5.50. The van der Waals surface area contributed by atoms with Gasteiger partial charge >= 0.3 is 0 Å². The van der Waals surface area contributed by atoms with Crippen molar-refractivity contribution < 1.29 is 19.5 Å². The van der Waals surface area contributed by atoms with E-state index in [1.807, 2.05) is 74.6 Å². The maximum Gasteiger partial charge on any atom is 0.248 e. The predicted molar refractivity (Wildman–Crippen MR) is 153 cm³/mol. The lowest BCUT2D eigenvalue weighted by molar-refractivity contribution is -0.143. The molecule has 0 radical (unpaired) electrons. The molecule has 2 aliphatic rings. The van der Waals surface area contributed by atoms with Crippen LogP contribution < -0.4 is 11.1 Å². The third-order valence-electron chi connectivity index (χ3n) is 8.27. The van der Waals surface area contributed by atoms with E-state index in [1.165, 1.54) is 4.90 Å². The van der Waals surface area contributed by atoms with Crippen molar-refractivity contribution in [3.05, 3.63) is 72.1 Å². The monoisotopic (exact) mass is 558 g/mol. The summed E-state index contributed by atoms with van der Waals surface area (Å²) in [6.07, 6.45) is 4.11. The first kappa shape index (κ1) is 28.5. The second-order valence-electron chi connectivity index (χ2n) is 11.4. The Morgan fingerprint density at radius 2 is 1.76 bits per heavy atom. The molecule has 2 heterocycles. The summed E-state index contributed by atoms with van der Waals surface area (Å²) in [7, 11) is 0. The molecule has 2 aromatic carbocycles. The van der Waals surface area contributed by atoms with Gasteiger partial charge in [0, 0.05) is 31.5 Å². The fraction of sp³-hybridized carbons (Fsp3) is 0.452. The van der Waals surface area contributed by atoms with Crippen molar-refractivity contribution in [2.24, 2.45) is 11.7 Å². The molecule has 5 rings (SSSR count). The highest BCUT2D eigenvalue weighted by atomic mass is 16.3. The quantitative estimate of drug-likeness (QED) is 0.330. The number of nitrogens with two attached hydrogens (primary N) is 1. The zero-order valence-electron chi connectivity index (χ0n) is 23.5. The molecule has 3 aromatic rings. The molecule has 1 aliphatic carbocycles. The van der Waals surface area contributed by atoms with Gasteiger partial charge in [-0.3, -0.25) is 14.4 Å². The Hall–Kier alpha value is -4.05. The van der Waals surface area contributed by atoms with Crippen LogP contribution in [0, 0.1) is 5.92 Å². The maximum absolute atomic E-state index is 13.9. The molecule has 2 fully saturated rings. The van der Waals surface area contributed by atoms with E-state index in [2.05, 4.69) is 15.6 Å². The number of rotatable bonds is 11. The molecule has 10 nitrogen and oxygen atoms in total. The number of carbonyl (C=O) groups excluding carboxylic acids is 3. The number of likely N-dealkylation sites (tertiary alicyclic amines) is 1. The summed E-state index contributed by atoms with van der Waals surface area (Å²) in [6.45, 7) is 3.99. The molecular weight excluding hydrogens is 520 g/mol. The van der Waals surface area contributed by atoms with Crippen LogP contribution in [0.4, 0.5) is 0 Å². The van der Waals surface area contributed by atoms with Gasteiger partial charge in [-0.1, -0.05) is 80.1 Å².